The number of nitrogens with one attached hydrogen (secondary N) is 2. The Balaban J connectivity index is 1.59. The van der Waals surface area contributed by atoms with Gasteiger partial charge in [0.15, 0.2) is 0 Å². The van der Waals surface area contributed by atoms with E-state index in [0.29, 0.717) is 24.4 Å². The number of hydrogen-bond donors (Lipinski definition) is 2. The van der Waals surface area contributed by atoms with E-state index < -0.39 is 0 Å². The Bertz CT molecular complexity index is 1110. The van der Waals surface area contributed by atoms with Crippen LogP contribution >= 0.6 is 0 Å². The molecule has 2 aromatic heterocycles. The molecule has 0 saturated heterocycles. The average molecular weight is 403 g/mol. The number of nitrogens with zero attached hydrogens (tertiary/aromatic N) is 1. The third-order valence-electron chi connectivity index (χ3n) is 4.62. The van der Waals surface area contributed by atoms with Gasteiger partial charge in [0.05, 0.1) is 24.8 Å². The minimum absolute atomic E-state index is 0.268. The number of carbonyl (C=O) groups is 2. The zero-order valence-electron chi connectivity index (χ0n) is 16.4. The van der Waals surface area contributed by atoms with Crippen LogP contribution in [0.1, 0.15) is 18.2 Å². The minimum atomic E-state index is -0.387. The van der Waals surface area contributed by atoms with Gasteiger partial charge in [-0.2, -0.15) is 0 Å². The standard InChI is InChI=1S/C23H21N3O4/c1-2-30-23(28)21-8-7-19-20(10-12-24-19)26(21)18-5-3-4-17(14-18)25-22(27)9-6-16-11-13-29-15-16/h3-6,8-15,24H,2,7H2,1H3,(H,25,27)/b9-6+. The lowest BCUT2D eigenvalue weighted by molar-refractivity contribution is -0.138. The largest absolute Gasteiger partial charge is 0.472 e. The van der Waals surface area contributed by atoms with Gasteiger partial charge in [-0.1, -0.05) is 6.07 Å². The molecule has 3 aromatic rings. The highest BCUT2D eigenvalue weighted by atomic mass is 16.5. The molecule has 0 atom stereocenters. The molecular formula is C23H21N3O4. The molecule has 1 amide bonds. The van der Waals surface area contributed by atoms with E-state index in [1.165, 1.54) is 6.08 Å². The fourth-order valence-electron chi connectivity index (χ4n) is 3.29. The van der Waals surface area contributed by atoms with Gasteiger partial charge in [0.25, 0.3) is 0 Å². The molecular weight excluding hydrogens is 382 g/mol. The number of ether oxygens (including phenoxy) is 1. The first kappa shape index (κ1) is 19.3. The Labute approximate surface area is 173 Å². The van der Waals surface area contributed by atoms with Gasteiger partial charge in [-0.15, -0.1) is 0 Å². The highest BCUT2D eigenvalue weighted by Crippen LogP contribution is 2.37. The first-order chi connectivity index (χ1) is 14.7. The fraction of sp³-hybridized carbons (Fsp3) is 0.130. The monoisotopic (exact) mass is 403 g/mol. The van der Waals surface area contributed by atoms with Gasteiger partial charge in [-0.25, -0.2) is 4.79 Å². The number of H-pyrrole nitrogens is 1. The van der Waals surface area contributed by atoms with Crippen LogP contribution in [0.5, 0.6) is 0 Å². The topological polar surface area (TPSA) is 87.6 Å². The van der Waals surface area contributed by atoms with Crippen molar-refractivity contribution in [1.29, 1.82) is 0 Å². The second-order valence-corrected chi connectivity index (χ2v) is 6.62. The van der Waals surface area contributed by atoms with Crippen LogP contribution < -0.4 is 10.2 Å². The number of allylic oxidation sites excluding steroid dienone is 1. The summed E-state index contributed by atoms with van der Waals surface area (Å²) in [7, 11) is 0. The van der Waals surface area contributed by atoms with Crippen molar-refractivity contribution >= 4 is 35.0 Å². The fourth-order valence-corrected chi connectivity index (χ4v) is 3.29. The quantitative estimate of drug-likeness (QED) is 0.470. The first-order valence-electron chi connectivity index (χ1n) is 9.60. The number of benzene rings is 1. The molecule has 30 heavy (non-hydrogen) atoms. The Hall–Kier alpha value is -4.00. The van der Waals surface area contributed by atoms with Crippen molar-refractivity contribution < 1.29 is 18.7 Å². The van der Waals surface area contributed by atoms with Crippen molar-refractivity contribution in [3.63, 3.8) is 0 Å². The zero-order chi connectivity index (χ0) is 20.9. The molecule has 152 valence electrons. The Morgan fingerprint density at radius 3 is 3.00 bits per heavy atom. The van der Waals surface area contributed by atoms with Crippen LogP contribution in [-0.4, -0.2) is 23.5 Å². The summed E-state index contributed by atoms with van der Waals surface area (Å²) in [6.07, 6.45) is 10.5. The van der Waals surface area contributed by atoms with Crippen molar-refractivity contribution in [2.45, 2.75) is 13.3 Å². The number of rotatable bonds is 6. The molecule has 7 heteroatoms. The molecule has 2 N–H and O–H groups in total. The number of fused-ring (bicyclic) bond motifs is 1. The molecule has 3 heterocycles. The molecule has 0 radical (unpaired) electrons. The molecule has 7 nitrogen and oxygen atoms in total. The maximum Gasteiger partial charge on any atom is 0.354 e. The van der Waals surface area contributed by atoms with E-state index in [1.54, 1.807) is 37.7 Å². The van der Waals surface area contributed by atoms with Crippen LogP contribution in [0.15, 0.2) is 77.4 Å². The van der Waals surface area contributed by atoms with Crippen LogP contribution in [0.2, 0.25) is 0 Å². The van der Waals surface area contributed by atoms with Crippen LogP contribution in [0.3, 0.4) is 0 Å². The summed E-state index contributed by atoms with van der Waals surface area (Å²) in [6, 6.07) is 11.0. The molecule has 4 rings (SSSR count). The number of anilines is 3. The molecule has 0 fully saturated rings. The lowest BCUT2D eigenvalue weighted by atomic mass is 10.1. The Morgan fingerprint density at radius 2 is 2.20 bits per heavy atom. The van der Waals surface area contributed by atoms with E-state index in [-0.39, 0.29) is 11.9 Å². The van der Waals surface area contributed by atoms with Gasteiger partial charge in [0.1, 0.15) is 5.70 Å². The van der Waals surface area contributed by atoms with Crippen molar-refractivity contribution in [2.24, 2.45) is 0 Å². The summed E-state index contributed by atoms with van der Waals surface area (Å²) >= 11 is 0. The third-order valence-corrected chi connectivity index (χ3v) is 4.62. The van der Waals surface area contributed by atoms with E-state index in [1.807, 2.05) is 41.4 Å². The lowest BCUT2D eigenvalue weighted by Gasteiger charge is -2.29. The summed E-state index contributed by atoms with van der Waals surface area (Å²) in [5, 5.41) is 2.84. The summed E-state index contributed by atoms with van der Waals surface area (Å²) in [4.78, 5) is 29.9. The van der Waals surface area contributed by atoms with Crippen LogP contribution in [-0.2, 0) is 20.7 Å². The Kier molecular flexibility index (Phi) is 5.52. The smallest absolute Gasteiger partial charge is 0.354 e. The minimum Gasteiger partial charge on any atom is -0.472 e. The maximum atomic E-state index is 12.5. The number of carbonyl (C=O) groups excluding carboxylic acids is 2. The highest BCUT2D eigenvalue weighted by molar-refractivity contribution is 6.02. The molecule has 0 spiro atoms. The van der Waals surface area contributed by atoms with Gasteiger partial charge in [-0.3, -0.25) is 4.79 Å². The first-order valence-corrected chi connectivity index (χ1v) is 9.60. The highest BCUT2D eigenvalue weighted by Gasteiger charge is 2.28. The van der Waals surface area contributed by atoms with Crippen molar-refractivity contribution in [2.75, 3.05) is 16.8 Å². The van der Waals surface area contributed by atoms with Gasteiger partial charge < -0.3 is 24.4 Å². The molecule has 1 aromatic carbocycles. The summed E-state index contributed by atoms with van der Waals surface area (Å²) in [5.74, 6) is -0.655. The van der Waals surface area contributed by atoms with Gasteiger partial charge in [-0.05, 0) is 49.4 Å². The maximum absolute atomic E-state index is 12.5. The number of hydrogen-bond acceptors (Lipinski definition) is 5. The number of esters is 1. The Morgan fingerprint density at radius 1 is 1.30 bits per heavy atom. The molecule has 1 aliphatic rings. The van der Waals surface area contributed by atoms with Crippen LogP contribution in [0.4, 0.5) is 17.1 Å². The summed E-state index contributed by atoms with van der Waals surface area (Å²) in [6.45, 7) is 2.07. The molecule has 0 bridgehead atoms. The third kappa shape index (κ3) is 4.05. The van der Waals surface area contributed by atoms with E-state index >= 15 is 0 Å². The molecule has 0 saturated carbocycles. The number of aromatic amines is 1. The van der Waals surface area contributed by atoms with E-state index in [9.17, 15) is 9.59 Å². The zero-order valence-corrected chi connectivity index (χ0v) is 16.4. The molecule has 0 aliphatic carbocycles. The van der Waals surface area contributed by atoms with Gasteiger partial charge in [0, 0.05) is 41.3 Å². The second kappa shape index (κ2) is 8.57. The number of aromatic nitrogens is 1. The van der Waals surface area contributed by atoms with Gasteiger partial charge in [0.2, 0.25) is 5.91 Å². The molecule has 1 aliphatic heterocycles. The predicted molar refractivity (Wildman–Crippen MR) is 114 cm³/mol. The second-order valence-electron chi connectivity index (χ2n) is 6.62. The van der Waals surface area contributed by atoms with Gasteiger partial charge >= 0.3 is 5.97 Å². The number of amides is 1. The van der Waals surface area contributed by atoms with Crippen molar-refractivity contribution in [3.05, 3.63) is 84.2 Å². The van der Waals surface area contributed by atoms with Crippen molar-refractivity contribution in [1.82, 2.24) is 4.98 Å². The summed E-state index contributed by atoms with van der Waals surface area (Å²) < 4.78 is 10.2. The van der Waals surface area contributed by atoms with Crippen molar-refractivity contribution in [3.8, 4) is 0 Å². The lowest BCUT2D eigenvalue weighted by Crippen LogP contribution is -2.27. The number of furan rings is 1. The van der Waals surface area contributed by atoms with Crippen LogP contribution in [0.25, 0.3) is 6.08 Å². The van der Waals surface area contributed by atoms with Crippen LogP contribution in [0, 0.1) is 0 Å². The SMILES string of the molecule is CCOC(=O)C1=CCc2[nH]ccc2N1c1cccc(NC(=O)/C=C/c2ccoc2)c1. The normalized spacial score (nSPS) is 13.1. The summed E-state index contributed by atoms with van der Waals surface area (Å²) in [5.41, 5.74) is 4.49. The average Bonchev–Trinajstić information content (AvgIpc) is 3.43. The predicted octanol–water partition coefficient (Wildman–Crippen LogP) is 4.40. The van der Waals surface area contributed by atoms with E-state index in [4.69, 9.17) is 9.15 Å². The van der Waals surface area contributed by atoms with E-state index in [2.05, 4.69) is 10.3 Å². The van der Waals surface area contributed by atoms with E-state index in [0.717, 1.165) is 22.6 Å². The molecule has 0 unspecified atom stereocenters.